The summed E-state index contributed by atoms with van der Waals surface area (Å²) in [5.74, 6) is -1.09. The van der Waals surface area contributed by atoms with E-state index in [0.717, 1.165) is 12.8 Å². The highest BCUT2D eigenvalue weighted by molar-refractivity contribution is 8.14. The van der Waals surface area contributed by atoms with Gasteiger partial charge >= 0.3 is 5.97 Å². The molecule has 234 valence electrons. The molecule has 0 aliphatic carbocycles. The number of hydrogen-bond donors (Lipinski definition) is 4. The van der Waals surface area contributed by atoms with Gasteiger partial charge in [-0.15, -0.1) is 23.1 Å². The number of carboxylic acid groups (broad SMARTS) is 1. The molecular formula is C29H44N4O6S3. The van der Waals surface area contributed by atoms with E-state index in [1.807, 2.05) is 0 Å². The Morgan fingerprint density at radius 2 is 1.93 bits per heavy atom. The SMILES string of the molecule is CCCCCCCC(=O)SCC/C=C/[C@@H](O)CC(=O)NCc1nc(C2=N[C@](C)(C(=O)N[C@H](C(=O)O)C(C)C)CS2)cs1. The molecule has 0 radical (unpaired) electrons. The summed E-state index contributed by atoms with van der Waals surface area (Å²) in [5.41, 5.74) is -0.507. The monoisotopic (exact) mass is 640 g/mol. The Bertz CT molecular complexity index is 1120. The molecular weight excluding hydrogens is 597 g/mol. The van der Waals surface area contributed by atoms with Gasteiger partial charge in [-0.3, -0.25) is 19.4 Å². The van der Waals surface area contributed by atoms with E-state index < -0.39 is 29.6 Å². The van der Waals surface area contributed by atoms with Crippen LogP contribution in [-0.2, 0) is 25.7 Å². The number of aliphatic imine (C=N–C) groups is 1. The zero-order valence-corrected chi connectivity index (χ0v) is 27.3. The summed E-state index contributed by atoms with van der Waals surface area (Å²) in [7, 11) is 0. The highest BCUT2D eigenvalue weighted by Crippen LogP contribution is 2.32. The molecule has 1 aromatic heterocycles. The number of unbranched alkanes of at least 4 members (excludes halogenated alkanes) is 4. The maximum absolute atomic E-state index is 12.8. The van der Waals surface area contributed by atoms with Crippen molar-refractivity contribution in [1.82, 2.24) is 15.6 Å². The number of hydrogen-bond acceptors (Lipinski definition) is 10. The van der Waals surface area contributed by atoms with E-state index in [-0.39, 0.29) is 29.9 Å². The number of aliphatic hydroxyl groups excluding tert-OH is 1. The third kappa shape index (κ3) is 12.6. The second-order valence-corrected chi connectivity index (χ2v) is 13.8. The van der Waals surface area contributed by atoms with Crippen LogP contribution >= 0.6 is 34.9 Å². The quantitative estimate of drug-likeness (QED) is 0.126. The van der Waals surface area contributed by atoms with Gasteiger partial charge in [-0.05, 0) is 25.7 Å². The molecule has 13 heteroatoms. The lowest BCUT2D eigenvalue weighted by Crippen LogP contribution is -2.52. The van der Waals surface area contributed by atoms with Crippen molar-refractivity contribution in [3.05, 3.63) is 28.2 Å². The Kier molecular flexibility index (Phi) is 15.8. The second kappa shape index (κ2) is 18.4. The zero-order chi connectivity index (χ0) is 31.1. The van der Waals surface area contributed by atoms with E-state index in [1.165, 1.54) is 54.1 Å². The van der Waals surface area contributed by atoms with Gasteiger partial charge in [0.15, 0.2) is 5.12 Å². The van der Waals surface area contributed by atoms with Crippen LogP contribution < -0.4 is 10.6 Å². The number of allylic oxidation sites excluding steroid dienone is 1. The predicted molar refractivity (Wildman–Crippen MR) is 171 cm³/mol. The van der Waals surface area contributed by atoms with Crippen LogP contribution in [-0.4, -0.2) is 72.3 Å². The first-order chi connectivity index (χ1) is 19.9. The molecule has 42 heavy (non-hydrogen) atoms. The van der Waals surface area contributed by atoms with Crippen LogP contribution in [0.3, 0.4) is 0 Å². The van der Waals surface area contributed by atoms with Crippen molar-refractivity contribution in [2.75, 3.05) is 11.5 Å². The minimum absolute atomic E-state index is 0.0810. The fourth-order valence-corrected chi connectivity index (χ4v) is 6.68. The smallest absolute Gasteiger partial charge is 0.326 e. The van der Waals surface area contributed by atoms with Gasteiger partial charge in [-0.1, -0.05) is 70.4 Å². The summed E-state index contributed by atoms with van der Waals surface area (Å²) < 4.78 is 0. The van der Waals surface area contributed by atoms with Gasteiger partial charge in [0.2, 0.25) is 11.8 Å². The number of thiazole rings is 1. The Labute approximate surface area is 261 Å². The Balaban J connectivity index is 1.72. The lowest BCUT2D eigenvalue weighted by molar-refractivity contribution is -0.143. The molecule has 0 saturated heterocycles. The first-order valence-electron chi connectivity index (χ1n) is 14.4. The molecule has 0 saturated carbocycles. The number of carbonyl (C=O) groups excluding carboxylic acids is 3. The standard InChI is InChI=1S/C29H44N4O6S3/c1-5-6-7-8-9-13-24(36)40-14-11-10-12-20(34)15-22(35)30-16-23-31-21(17-41-23)26-33-29(4,18-42-26)28(39)32-25(19(2)3)27(37)38/h10,12,17,19-20,25,34H,5-9,11,13-16,18H2,1-4H3,(H,30,35)(H,32,39)(H,37,38)/b12-10+/t20-,25+,29+/m1/s1. The molecule has 1 aromatic rings. The number of rotatable bonds is 19. The summed E-state index contributed by atoms with van der Waals surface area (Å²) in [5, 5.41) is 28.1. The van der Waals surface area contributed by atoms with Crippen LogP contribution in [0.1, 0.15) is 89.8 Å². The molecule has 1 aliphatic heterocycles. The van der Waals surface area contributed by atoms with Crippen LogP contribution in [0.2, 0.25) is 0 Å². The summed E-state index contributed by atoms with van der Waals surface area (Å²) in [6.07, 6.45) is 9.27. The maximum atomic E-state index is 12.8. The van der Waals surface area contributed by atoms with E-state index in [9.17, 15) is 29.4 Å². The fraction of sp³-hybridized carbons (Fsp3) is 0.655. The molecule has 3 atom stereocenters. The number of aliphatic carboxylic acids is 1. The molecule has 2 rings (SSSR count). The van der Waals surface area contributed by atoms with E-state index >= 15 is 0 Å². The number of carbonyl (C=O) groups is 4. The van der Waals surface area contributed by atoms with Crippen molar-refractivity contribution in [3.63, 3.8) is 0 Å². The van der Waals surface area contributed by atoms with Gasteiger partial charge in [0.05, 0.1) is 19.1 Å². The number of aromatic nitrogens is 1. The van der Waals surface area contributed by atoms with Gasteiger partial charge in [-0.2, -0.15) is 0 Å². The number of aliphatic hydroxyl groups is 1. The Hall–Kier alpha value is -2.22. The molecule has 0 fully saturated rings. The van der Waals surface area contributed by atoms with Crippen molar-refractivity contribution >= 4 is 62.8 Å². The minimum atomic E-state index is -1.10. The van der Waals surface area contributed by atoms with Gasteiger partial charge in [0.1, 0.15) is 27.3 Å². The van der Waals surface area contributed by atoms with E-state index in [0.29, 0.717) is 40.1 Å². The predicted octanol–water partition coefficient (Wildman–Crippen LogP) is 4.55. The second-order valence-electron chi connectivity index (χ2n) is 10.8. The summed E-state index contributed by atoms with van der Waals surface area (Å²) in [6, 6.07) is -0.994. The van der Waals surface area contributed by atoms with Crippen LogP contribution in [0, 0.1) is 5.92 Å². The minimum Gasteiger partial charge on any atom is -0.480 e. The van der Waals surface area contributed by atoms with Gasteiger partial charge in [-0.25, -0.2) is 9.78 Å². The number of amides is 2. The summed E-state index contributed by atoms with van der Waals surface area (Å²) in [4.78, 5) is 57.6. The van der Waals surface area contributed by atoms with Crippen molar-refractivity contribution in [3.8, 4) is 0 Å². The summed E-state index contributed by atoms with van der Waals surface area (Å²) >= 11 is 4.05. The molecule has 2 heterocycles. The molecule has 10 nitrogen and oxygen atoms in total. The van der Waals surface area contributed by atoms with Crippen molar-refractivity contribution in [2.45, 2.75) is 103 Å². The normalized spacial score (nSPS) is 18.2. The molecule has 0 aromatic carbocycles. The van der Waals surface area contributed by atoms with Crippen molar-refractivity contribution < 1.29 is 29.4 Å². The van der Waals surface area contributed by atoms with E-state index in [2.05, 4.69) is 27.5 Å². The van der Waals surface area contributed by atoms with Crippen LogP contribution in [0.25, 0.3) is 0 Å². The fourth-order valence-electron chi connectivity index (χ4n) is 3.99. The van der Waals surface area contributed by atoms with Crippen molar-refractivity contribution in [1.29, 1.82) is 0 Å². The summed E-state index contributed by atoms with van der Waals surface area (Å²) in [6.45, 7) is 7.50. The topological polar surface area (TPSA) is 158 Å². The average molecular weight is 641 g/mol. The highest BCUT2D eigenvalue weighted by atomic mass is 32.2. The zero-order valence-electron chi connectivity index (χ0n) is 24.9. The highest BCUT2D eigenvalue weighted by Gasteiger charge is 2.41. The third-order valence-corrected chi connectivity index (χ3v) is 9.63. The van der Waals surface area contributed by atoms with Crippen LogP contribution in [0.15, 0.2) is 22.5 Å². The first kappa shape index (κ1) is 36.0. The van der Waals surface area contributed by atoms with E-state index in [1.54, 1.807) is 38.3 Å². The molecule has 4 N–H and O–H groups in total. The largest absolute Gasteiger partial charge is 0.480 e. The number of nitrogens with one attached hydrogen (secondary N) is 2. The van der Waals surface area contributed by atoms with Crippen molar-refractivity contribution in [2.24, 2.45) is 10.9 Å². The Morgan fingerprint density at radius 1 is 1.19 bits per heavy atom. The number of carboxylic acids is 1. The Morgan fingerprint density at radius 3 is 2.62 bits per heavy atom. The third-order valence-electron chi connectivity index (χ3n) is 6.54. The average Bonchev–Trinajstić information content (AvgIpc) is 3.57. The molecule has 2 amide bonds. The van der Waals surface area contributed by atoms with Gasteiger partial charge in [0, 0.05) is 23.3 Å². The maximum Gasteiger partial charge on any atom is 0.326 e. The first-order valence-corrected chi connectivity index (χ1v) is 17.3. The molecule has 0 unspecified atom stereocenters. The van der Waals surface area contributed by atoms with Crippen LogP contribution in [0.5, 0.6) is 0 Å². The lowest BCUT2D eigenvalue weighted by atomic mass is 10.0. The number of thioether (sulfide) groups is 2. The number of nitrogens with zero attached hydrogens (tertiary/aromatic N) is 2. The molecule has 1 aliphatic rings. The van der Waals surface area contributed by atoms with Gasteiger partial charge < -0.3 is 20.8 Å². The van der Waals surface area contributed by atoms with E-state index in [4.69, 9.17) is 0 Å². The van der Waals surface area contributed by atoms with Gasteiger partial charge in [0.25, 0.3) is 0 Å². The van der Waals surface area contributed by atoms with Crippen LogP contribution in [0.4, 0.5) is 0 Å². The lowest BCUT2D eigenvalue weighted by Gasteiger charge is -2.24. The molecule has 0 spiro atoms. The molecule has 0 bridgehead atoms.